The molecular weight excluding hydrogens is 733 g/mol. The Morgan fingerprint density at radius 1 is 0.356 bits per heavy atom. The minimum absolute atomic E-state index is 0.0773. The average Bonchev–Trinajstić information content (AvgIpc) is 3.23. The molecule has 0 spiro atoms. The number of esters is 3. The number of carbonyl (C=O) groups is 3. The molecule has 0 bridgehead atoms. The van der Waals surface area contributed by atoms with Crippen LogP contribution in [0.2, 0.25) is 0 Å². The van der Waals surface area contributed by atoms with Crippen LogP contribution in [0.15, 0.2) is 36.5 Å². The van der Waals surface area contributed by atoms with Gasteiger partial charge in [-0.3, -0.25) is 14.4 Å². The van der Waals surface area contributed by atoms with Crippen molar-refractivity contribution in [1.29, 1.82) is 0 Å². The third-order valence-electron chi connectivity index (χ3n) is 11.2. The van der Waals surface area contributed by atoms with Gasteiger partial charge < -0.3 is 14.2 Å². The second-order valence-corrected chi connectivity index (χ2v) is 17.1. The van der Waals surface area contributed by atoms with E-state index in [1.807, 2.05) is 0 Å². The van der Waals surface area contributed by atoms with Crippen molar-refractivity contribution < 1.29 is 28.6 Å². The molecule has 0 radical (unpaired) electrons. The third-order valence-corrected chi connectivity index (χ3v) is 11.2. The summed E-state index contributed by atoms with van der Waals surface area (Å²) in [6.07, 6.45) is 55.6. The second-order valence-electron chi connectivity index (χ2n) is 17.1. The Morgan fingerprint density at radius 3 is 1.03 bits per heavy atom. The van der Waals surface area contributed by atoms with Crippen molar-refractivity contribution in [3.05, 3.63) is 36.5 Å². The summed E-state index contributed by atoms with van der Waals surface area (Å²) in [5.74, 6) is -0.891. The van der Waals surface area contributed by atoms with E-state index in [4.69, 9.17) is 14.2 Å². The molecule has 0 aliphatic heterocycles. The summed E-state index contributed by atoms with van der Waals surface area (Å²) in [7, 11) is 0. The van der Waals surface area contributed by atoms with E-state index in [0.29, 0.717) is 19.3 Å². The van der Waals surface area contributed by atoms with Gasteiger partial charge in [0.1, 0.15) is 13.2 Å². The SMILES string of the molecule is CC/C=C\C/C=C\C/C=C\CCCCCCC(=O)OC(COC(=O)CCCCCCCCCCCC)COC(=O)CCCCCCCCCCCCCCCCCCC. The number of unbranched alkanes of at least 4 members (excludes halogenated alkanes) is 29. The van der Waals surface area contributed by atoms with E-state index in [0.717, 1.165) is 89.9 Å². The van der Waals surface area contributed by atoms with Gasteiger partial charge in [-0.25, -0.2) is 0 Å². The first-order valence-electron chi connectivity index (χ1n) is 25.5. The molecule has 6 heteroatoms. The molecule has 1 unspecified atom stereocenters. The summed E-state index contributed by atoms with van der Waals surface area (Å²) >= 11 is 0. The lowest BCUT2D eigenvalue weighted by Gasteiger charge is -2.18. The van der Waals surface area contributed by atoms with E-state index in [-0.39, 0.29) is 31.1 Å². The second kappa shape index (κ2) is 48.3. The third kappa shape index (κ3) is 46.5. The number of ether oxygens (including phenoxy) is 3. The fraction of sp³-hybridized carbons (Fsp3) is 0.830. The molecule has 6 nitrogen and oxygen atoms in total. The zero-order chi connectivity index (χ0) is 43.0. The van der Waals surface area contributed by atoms with Crippen molar-refractivity contribution in [2.24, 2.45) is 0 Å². The Bertz CT molecular complexity index is 1000. The number of hydrogen-bond acceptors (Lipinski definition) is 6. The van der Waals surface area contributed by atoms with Gasteiger partial charge in [-0.2, -0.15) is 0 Å². The van der Waals surface area contributed by atoms with Crippen molar-refractivity contribution >= 4 is 17.9 Å². The largest absolute Gasteiger partial charge is 0.462 e. The monoisotopic (exact) mass is 829 g/mol. The smallest absolute Gasteiger partial charge is 0.306 e. The van der Waals surface area contributed by atoms with E-state index in [9.17, 15) is 14.4 Å². The maximum Gasteiger partial charge on any atom is 0.306 e. The summed E-state index contributed by atoms with van der Waals surface area (Å²) in [5.41, 5.74) is 0. The molecule has 0 aromatic heterocycles. The quantitative estimate of drug-likeness (QED) is 0.0263. The van der Waals surface area contributed by atoms with Gasteiger partial charge in [0.15, 0.2) is 6.10 Å². The Hall–Kier alpha value is -2.37. The minimum Gasteiger partial charge on any atom is -0.462 e. The first-order chi connectivity index (χ1) is 29.0. The highest BCUT2D eigenvalue weighted by atomic mass is 16.6. The molecule has 0 aliphatic carbocycles. The summed E-state index contributed by atoms with van der Waals surface area (Å²) in [4.78, 5) is 37.9. The van der Waals surface area contributed by atoms with Crippen LogP contribution in [0.25, 0.3) is 0 Å². The number of hydrogen-bond donors (Lipinski definition) is 0. The Morgan fingerprint density at radius 2 is 0.661 bits per heavy atom. The Labute approximate surface area is 365 Å². The van der Waals surface area contributed by atoms with Gasteiger partial charge in [-0.15, -0.1) is 0 Å². The zero-order valence-electron chi connectivity index (χ0n) is 39.3. The molecule has 0 aromatic carbocycles. The summed E-state index contributed by atoms with van der Waals surface area (Å²) in [6.45, 7) is 6.52. The van der Waals surface area contributed by atoms with Gasteiger partial charge in [0.05, 0.1) is 0 Å². The molecule has 0 heterocycles. The predicted octanol–water partition coefficient (Wildman–Crippen LogP) is 16.5. The van der Waals surface area contributed by atoms with Gasteiger partial charge >= 0.3 is 17.9 Å². The normalized spacial score (nSPS) is 12.3. The topological polar surface area (TPSA) is 78.9 Å². The van der Waals surface area contributed by atoms with Crippen LogP contribution in [0.5, 0.6) is 0 Å². The molecule has 1 atom stereocenters. The van der Waals surface area contributed by atoms with E-state index >= 15 is 0 Å². The van der Waals surface area contributed by atoms with E-state index in [1.54, 1.807) is 0 Å². The van der Waals surface area contributed by atoms with Crippen LogP contribution in [0.1, 0.15) is 265 Å². The lowest BCUT2D eigenvalue weighted by Crippen LogP contribution is -2.30. The fourth-order valence-corrected chi connectivity index (χ4v) is 7.34. The van der Waals surface area contributed by atoms with Crippen LogP contribution in [0.4, 0.5) is 0 Å². The number of rotatable bonds is 46. The Kier molecular flexibility index (Phi) is 46.4. The van der Waals surface area contributed by atoms with Gasteiger partial charge in [0.25, 0.3) is 0 Å². The van der Waals surface area contributed by atoms with E-state index < -0.39 is 6.10 Å². The van der Waals surface area contributed by atoms with Crippen LogP contribution >= 0.6 is 0 Å². The highest BCUT2D eigenvalue weighted by Crippen LogP contribution is 2.16. The van der Waals surface area contributed by atoms with Gasteiger partial charge in [-0.1, -0.05) is 231 Å². The lowest BCUT2D eigenvalue weighted by atomic mass is 10.0. The van der Waals surface area contributed by atoms with Crippen LogP contribution in [-0.2, 0) is 28.6 Å². The zero-order valence-corrected chi connectivity index (χ0v) is 39.3. The highest BCUT2D eigenvalue weighted by molar-refractivity contribution is 5.71. The van der Waals surface area contributed by atoms with Crippen LogP contribution in [-0.4, -0.2) is 37.2 Å². The van der Waals surface area contributed by atoms with Crippen molar-refractivity contribution in [3.8, 4) is 0 Å². The standard InChI is InChI=1S/C53H96O6/c1-4-7-10-13-16-19-22-24-26-27-28-30-31-34-37-40-43-46-52(55)58-49-50(48-57-51(54)45-42-39-36-33-21-18-15-12-9-6-3)59-53(56)47-44-41-38-35-32-29-25-23-20-17-14-11-8-5-2/h8,11,17,20,25,29,50H,4-7,9-10,12-16,18-19,21-24,26-28,30-49H2,1-3H3/b11-8-,20-17-,29-25-. The van der Waals surface area contributed by atoms with Crippen LogP contribution in [0.3, 0.4) is 0 Å². The van der Waals surface area contributed by atoms with Crippen molar-refractivity contribution in [3.63, 3.8) is 0 Å². The van der Waals surface area contributed by atoms with Crippen LogP contribution in [0, 0.1) is 0 Å². The lowest BCUT2D eigenvalue weighted by molar-refractivity contribution is -0.167. The number of carbonyl (C=O) groups excluding carboxylic acids is 3. The molecular formula is C53H96O6. The fourth-order valence-electron chi connectivity index (χ4n) is 7.34. The van der Waals surface area contributed by atoms with E-state index in [2.05, 4.69) is 57.2 Å². The number of allylic oxidation sites excluding steroid dienone is 6. The molecule has 0 N–H and O–H groups in total. The van der Waals surface area contributed by atoms with Crippen LogP contribution < -0.4 is 0 Å². The van der Waals surface area contributed by atoms with Crippen molar-refractivity contribution in [2.75, 3.05) is 13.2 Å². The summed E-state index contributed by atoms with van der Waals surface area (Å²) in [5, 5.41) is 0. The first-order valence-corrected chi connectivity index (χ1v) is 25.5. The van der Waals surface area contributed by atoms with Gasteiger partial charge in [0, 0.05) is 19.3 Å². The average molecular weight is 829 g/mol. The summed E-state index contributed by atoms with van der Waals surface area (Å²) in [6, 6.07) is 0. The first kappa shape index (κ1) is 56.6. The highest BCUT2D eigenvalue weighted by Gasteiger charge is 2.19. The molecule has 59 heavy (non-hydrogen) atoms. The molecule has 0 saturated heterocycles. The molecule has 0 aliphatic rings. The molecule has 0 saturated carbocycles. The molecule has 344 valence electrons. The van der Waals surface area contributed by atoms with Gasteiger partial charge in [0.2, 0.25) is 0 Å². The molecule has 0 aromatic rings. The Balaban J connectivity index is 4.33. The minimum atomic E-state index is -0.777. The van der Waals surface area contributed by atoms with Crippen molar-refractivity contribution in [1.82, 2.24) is 0 Å². The van der Waals surface area contributed by atoms with Crippen molar-refractivity contribution in [2.45, 2.75) is 271 Å². The van der Waals surface area contributed by atoms with E-state index in [1.165, 1.54) is 135 Å². The maximum atomic E-state index is 12.8. The maximum absolute atomic E-state index is 12.8. The summed E-state index contributed by atoms with van der Waals surface area (Å²) < 4.78 is 16.8. The molecule has 0 rings (SSSR count). The molecule has 0 amide bonds. The predicted molar refractivity (Wildman–Crippen MR) is 252 cm³/mol. The van der Waals surface area contributed by atoms with Gasteiger partial charge in [-0.05, 0) is 51.4 Å². The molecule has 0 fully saturated rings.